The fourth-order valence-corrected chi connectivity index (χ4v) is 2.10. The van der Waals surface area contributed by atoms with Crippen molar-refractivity contribution in [3.63, 3.8) is 0 Å². The molecule has 1 aromatic heterocycles. The first kappa shape index (κ1) is 9.91. The quantitative estimate of drug-likeness (QED) is 0.575. The molecule has 0 aliphatic heterocycles. The molecule has 3 rings (SSSR count). The van der Waals surface area contributed by atoms with Crippen molar-refractivity contribution in [3.8, 4) is 0 Å². The van der Waals surface area contributed by atoms with E-state index < -0.39 is 0 Å². The van der Waals surface area contributed by atoms with Gasteiger partial charge in [0.25, 0.3) is 0 Å². The number of hydrogen-bond acceptors (Lipinski definition) is 0. The Balaban J connectivity index is 2.63. The van der Waals surface area contributed by atoms with Crippen LogP contribution in [-0.4, -0.2) is 4.98 Å². The summed E-state index contributed by atoms with van der Waals surface area (Å²) in [4.78, 5) is 3.18. The Morgan fingerprint density at radius 1 is 0.588 bits per heavy atom. The molecule has 0 unspecified atom stereocenters. The highest BCUT2D eigenvalue weighted by molar-refractivity contribution is 6.04. The van der Waals surface area contributed by atoms with Gasteiger partial charge >= 0.3 is 0 Å². The monoisotopic (exact) mass is 219 g/mol. The molecule has 1 heterocycles. The van der Waals surface area contributed by atoms with E-state index in [1.165, 1.54) is 21.5 Å². The molecule has 0 radical (unpaired) electrons. The highest BCUT2D eigenvalue weighted by Gasteiger charge is 1.94. The van der Waals surface area contributed by atoms with E-state index >= 15 is 0 Å². The van der Waals surface area contributed by atoms with Gasteiger partial charge in [0.05, 0.1) is 0 Å². The van der Waals surface area contributed by atoms with Crippen molar-refractivity contribution in [3.05, 3.63) is 73.1 Å². The smallest absolute Gasteiger partial charge is 0.00838 e. The highest BCUT2D eigenvalue weighted by atomic mass is 14.6. The van der Waals surface area contributed by atoms with E-state index in [1.807, 2.05) is 18.5 Å². The zero-order valence-electron chi connectivity index (χ0n) is 9.43. The molecule has 1 nitrogen and oxygen atoms in total. The maximum atomic E-state index is 3.18. The van der Waals surface area contributed by atoms with Crippen LogP contribution in [0, 0.1) is 0 Å². The normalized spacial score (nSPS) is 10.4. The summed E-state index contributed by atoms with van der Waals surface area (Å²) in [6, 6.07) is 21.0. The third-order valence-corrected chi connectivity index (χ3v) is 2.92. The molecule has 82 valence electrons. The highest BCUT2D eigenvalue weighted by Crippen LogP contribution is 2.21. The number of nitrogens with one attached hydrogen (secondary N) is 1. The molecule has 3 aromatic rings. The number of hydrogen-bond donors (Lipinski definition) is 1. The number of rotatable bonds is 0. The fraction of sp³-hybridized carbons (Fsp3) is 0. The molecule has 0 bridgehead atoms. The number of aromatic nitrogens is 1. The summed E-state index contributed by atoms with van der Waals surface area (Å²) >= 11 is 0. The van der Waals surface area contributed by atoms with Gasteiger partial charge in [0.1, 0.15) is 0 Å². The first-order chi connectivity index (χ1) is 8.45. The standard InChI is InChI=1S/C16H13N/c1-3-9-15-13(6-1)8-5-11-17-12-14-7-2-4-10-16(14)15/h1-12,17H. The Morgan fingerprint density at radius 2 is 1.18 bits per heavy atom. The first-order valence-electron chi connectivity index (χ1n) is 5.73. The van der Waals surface area contributed by atoms with Crippen LogP contribution >= 0.6 is 0 Å². The van der Waals surface area contributed by atoms with E-state index in [0.717, 1.165) is 0 Å². The molecule has 0 fully saturated rings. The van der Waals surface area contributed by atoms with E-state index in [4.69, 9.17) is 0 Å². The Bertz CT molecular complexity index is 648. The average molecular weight is 219 g/mol. The van der Waals surface area contributed by atoms with E-state index in [-0.39, 0.29) is 0 Å². The summed E-state index contributed by atoms with van der Waals surface area (Å²) in [5.74, 6) is 0. The predicted octanol–water partition coefficient (Wildman–Crippen LogP) is 4.45. The van der Waals surface area contributed by atoms with Gasteiger partial charge in [-0.2, -0.15) is 0 Å². The molecule has 0 amide bonds. The average Bonchev–Trinajstić information content (AvgIpc) is 2.47. The largest absolute Gasteiger partial charge is 0.367 e. The van der Waals surface area contributed by atoms with Crippen molar-refractivity contribution in [1.82, 2.24) is 4.98 Å². The second kappa shape index (κ2) is 4.30. The zero-order chi connectivity index (χ0) is 11.5. The first-order valence-corrected chi connectivity index (χ1v) is 5.73. The molecule has 17 heavy (non-hydrogen) atoms. The van der Waals surface area contributed by atoms with Gasteiger partial charge in [0.15, 0.2) is 0 Å². The summed E-state index contributed by atoms with van der Waals surface area (Å²) in [6.07, 6.45) is 3.97. The number of H-pyrrole nitrogens is 1. The van der Waals surface area contributed by atoms with E-state index in [0.29, 0.717) is 0 Å². The van der Waals surface area contributed by atoms with Crippen molar-refractivity contribution in [2.75, 3.05) is 0 Å². The second-order valence-electron chi connectivity index (χ2n) is 4.01. The van der Waals surface area contributed by atoms with Crippen LogP contribution in [0.15, 0.2) is 73.1 Å². The minimum atomic E-state index is 1.21. The van der Waals surface area contributed by atoms with Gasteiger partial charge in [0, 0.05) is 12.4 Å². The van der Waals surface area contributed by atoms with Gasteiger partial charge in [-0.05, 0) is 27.6 Å². The molecule has 2 aromatic carbocycles. The zero-order valence-corrected chi connectivity index (χ0v) is 9.43. The van der Waals surface area contributed by atoms with Gasteiger partial charge < -0.3 is 4.98 Å². The van der Waals surface area contributed by atoms with Gasteiger partial charge in [-0.1, -0.05) is 54.6 Å². The number of benzene rings is 2. The van der Waals surface area contributed by atoms with Gasteiger partial charge in [-0.3, -0.25) is 0 Å². The summed E-state index contributed by atoms with van der Waals surface area (Å²) in [5, 5.41) is 4.98. The van der Waals surface area contributed by atoms with Crippen LogP contribution in [0.3, 0.4) is 0 Å². The lowest BCUT2D eigenvalue weighted by Crippen LogP contribution is -1.71. The molecule has 0 spiro atoms. The van der Waals surface area contributed by atoms with Crippen LogP contribution in [-0.2, 0) is 0 Å². The number of fused-ring (bicyclic) bond motifs is 3. The maximum absolute atomic E-state index is 3.18. The number of aromatic amines is 1. The van der Waals surface area contributed by atoms with E-state index in [1.54, 1.807) is 0 Å². The molecule has 1 N–H and O–H groups in total. The lowest BCUT2D eigenvalue weighted by atomic mass is 10.1. The summed E-state index contributed by atoms with van der Waals surface area (Å²) in [5.41, 5.74) is 0. The van der Waals surface area contributed by atoms with E-state index in [9.17, 15) is 0 Å². The van der Waals surface area contributed by atoms with Crippen molar-refractivity contribution in [2.45, 2.75) is 0 Å². The minimum absolute atomic E-state index is 1.21. The molecule has 0 aliphatic rings. The molecule has 1 heteroatoms. The van der Waals surface area contributed by atoms with Gasteiger partial charge in [-0.25, -0.2) is 0 Å². The van der Waals surface area contributed by atoms with Crippen LogP contribution in [0.4, 0.5) is 0 Å². The van der Waals surface area contributed by atoms with Gasteiger partial charge in [0.2, 0.25) is 0 Å². The van der Waals surface area contributed by atoms with Crippen LogP contribution in [0.1, 0.15) is 0 Å². The Labute approximate surface area is 100 Å². The Morgan fingerprint density at radius 3 is 2.00 bits per heavy atom. The van der Waals surface area contributed by atoms with Crippen LogP contribution in [0.5, 0.6) is 0 Å². The fourth-order valence-electron chi connectivity index (χ4n) is 2.10. The molecule has 0 saturated heterocycles. The Hall–Kier alpha value is -2.28. The minimum Gasteiger partial charge on any atom is -0.367 e. The van der Waals surface area contributed by atoms with Gasteiger partial charge in [-0.15, -0.1) is 0 Å². The molecular weight excluding hydrogens is 206 g/mol. The second-order valence-corrected chi connectivity index (χ2v) is 4.01. The van der Waals surface area contributed by atoms with Crippen LogP contribution < -0.4 is 0 Å². The van der Waals surface area contributed by atoms with E-state index in [2.05, 4.69) is 59.6 Å². The summed E-state index contributed by atoms with van der Waals surface area (Å²) in [7, 11) is 0. The SMILES string of the molecule is c1ccc2c(c1)ccc[nH]cc1ccccc12. The summed E-state index contributed by atoms with van der Waals surface area (Å²) < 4.78 is 0. The van der Waals surface area contributed by atoms with Crippen molar-refractivity contribution < 1.29 is 0 Å². The maximum Gasteiger partial charge on any atom is 0.00838 e. The molecule has 0 aliphatic carbocycles. The lowest BCUT2D eigenvalue weighted by Gasteiger charge is -1.97. The third-order valence-electron chi connectivity index (χ3n) is 2.92. The molecule has 0 atom stereocenters. The third kappa shape index (κ3) is 1.87. The van der Waals surface area contributed by atoms with Crippen molar-refractivity contribution in [1.29, 1.82) is 0 Å². The predicted molar refractivity (Wildman–Crippen MR) is 73.4 cm³/mol. The van der Waals surface area contributed by atoms with Crippen LogP contribution in [0.2, 0.25) is 0 Å². The van der Waals surface area contributed by atoms with Crippen LogP contribution in [0.25, 0.3) is 21.5 Å². The topological polar surface area (TPSA) is 15.8 Å². The lowest BCUT2D eigenvalue weighted by molar-refractivity contribution is 1.38. The van der Waals surface area contributed by atoms with Crippen molar-refractivity contribution >= 4 is 21.5 Å². The Kier molecular flexibility index (Phi) is 2.51. The molecular formula is C16H13N. The molecule has 0 saturated carbocycles. The summed E-state index contributed by atoms with van der Waals surface area (Å²) in [6.45, 7) is 0. The van der Waals surface area contributed by atoms with Crippen molar-refractivity contribution in [2.24, 2.45) is 0 Å².